The van der Waals surface area contributed by atoms with Crippen LogP contribution in [0.25, 0.3) is 22.3 Å². The van der Waals surface area contributed by atoms with Crippen molar-refractivity contribution < 1.29 is 0 Å². The molecule has 1 N–H and O–H groups in total. The van der Waals surface area contributed by atoms with Crippen molar-refractivity contribution in [1.29, 1.82) is 0 Å². The van der Waals surface area contributed by atoms with Crippen LogP contribution >= 0.6 is 27.3 Å². The van der Waals surface area contributed by atoms with Gasteiger partial charge in [-0.1, -0.05) is 12.1 Å². The topological polar surface area (TPSA) is 37.8 Å². The average molecular weight is 320 g/mol. The Kier molecular flexibility index (Phi) is 3.01. The van der Waals surface area contributed by atoms with E-state index in [9.17, 15) is 0 Å². The van der Waals surface area contributed by atoms with Gasteiger partial charge >= 0.3 is 0 Å². The van der Waals surface area contributed by atoms with E-state index in [1.807, 2.05) is 42.8 Å². The Balaban J connectivity index is 2.25. The fourth-order valence-corrected chi connectivity index (χ4v) is 2.96. The monoisotopic (exact) mass is 319 g/mol. The first-order chi connectivity index (χ1) is 8.78. The molecule has 3 rings (SSSR count). The Bertz CT molecular complexity index is 708. The Labute approximate surface area is 117 Å². The number of aromatic nitrogens is 2. The van der Waals surface area contributed by atoms with Crippen LogP contribution < -0.4 is 5.32 Å². The van der Waals surface area contributed by atoms with Crippen LogP contribution in [-0.4, -0.2) is 17.0 Å². The van der Waals surface area contributed by atoms with E-state index in [1.54, 1.807) is 11.3 Å². The van der Waals surface area contributed by atoms with Crippen LogP contribution in [0.5, 0.6) is 0 Å². The lowest BCUT2D eigenvalue weighted by molar-refractivity contribution is 1.22. The van der Waals surface area contributed by atoms with Gasteiger partial charge in [-0.2, -0.15) is 0 Å². The zero-order valence-corrected chi connectivity index (χ0v) is 12.0. The van der Waals surface area contributed by atoms with Crippen LogP contribution in [0.15, 0.2) is 39.5 Å². The smallest absolute Gasteiger partial charge is 0.163 e. The van der Waals surface area contributed by atoms with Crippen molar-refractivity contribution >= 4 is 44.0 Å². The number of nitrogens with one attached hydrogen (secondary N) is 1. The molecule has 3 aromatic rings. The number of benzene rings is 1. The Morgan fingerprint density at radius 3 is 2.78 bits per heavy atom. The Morgan fingerprint density at radius 2 is 2.06 bits per heavy atom. The normalized spacial score (nSPS) is 10.8. The zero-order valence-electron chi connectivity index (χ0n) is 9.64. The van der Waals surface area contributed by atoms with Crippen molar-refractivity contribution in [2.24, 2.45) is 0 Å². The van der Waals surface area contributed by atoms with E-state index >= 15 is 0 Å². The minimum atomic E-state index is 0.750. The van der Waals surface area contributed by atoms with E-state index in [0.717, 1.165) is 31.9 Å². The number of anilines is 1. The molecule has 0 saturated carbocycles. The molecule has 0 atom stereocenters. The van der Waals surface area contributed by atoms with Gasteiger partial charge < -0.3 is 5.32 Å². The number of fused-ring (bicyclic) bond motifs is 1. The highest BCUT2D eigenvalue weighted by atomic mass is 79.9. The highest BCUT2D eigenvalue weighted by molar-refractivity contribution is 9.11. The molecule has 0 spiro atoms. The van der Waals surface area contributed by atoms with Gasteiger partial charge in [-0.15, -0.1) is 11.3 Å². The Morgan fingerprint density at radius 1 is 1.22 bits per heavy atom. The molecule has 0 aliphatic carbocycles. The molecule has 0 aliphatic rings. The molecule has 2 aromatic heterocycles. The first-order valence-electron chi connectivity index (χ1n) is 5.47. The number of hydrogen-bond acceptors (Lipinski definition) is 4. The zero-order chi connectivity index (χ0) is 12.5. The minimum absolute atomic E-state index is 0.750. The SMILES string of the molecule is CNc1nc(-c2csc(Br)c2)nc2ccccc12. The van der Waals surface area contributed by atoms with E-state index in [2.05, 4.69) is 31.2 Å². The molecule has 5 heteroatoms. The van der Waals surface area contributed by atoms with Gasteiger partial charge in [0.15, 0.2) is 5.82 Å². The maximum absolute atomic E-state index is 4.60. The maximum Gasteiger partial charge on any atom is 0.163 e. The number of halogens is 1. The van der Waals surface area contributed by atoms with Gasteiger partial charge in [-0.25, -0.2) is 9.97 Å². The van der Waals surface area contributed by atoms with E-state index < -0.39 is 0 Å². The maximum atomic E-state index is 4.60. The third kappa shape index (κ3) is 2.00. The predicted octanol–water partition coefficient (Wildman–Crippen LogP) is 4.16. The van der Waals surface area contributed by atoms with Gasteiger partial charge in [-0.05, 0) is 34.1 Å². The minimum Gasteiger partial charge on any atom is -0.373 e. The van der Waals surface area contributed by atoms with E-state index in [1.165, 1.54) is 0 Å². The summed E-state index contributed by atoms with van der Waals surface area (Å²) in [7, 11) is 1.88. The lowest BCUT2D eigenvalue weighted by Crippen LogP contribution is -1.98. The third-order valence-corrected chi connectivity index (χ3v) is 4.17. The number of para-hydroxylation sites is 1. The highest BCUT2D eigenvalue weighted by Crippen LogP contribution is 2.29. The average Bonchev–Trinajstić information content (AvgIpc) is 2.84. The number of hydrogen-bond donors (Lipinski definition) is 1. The molecule has 1 aromatic carbocycles. The molecule has 0 aliphatic heterocycles. The second-order valence-electron chi connectivity index (χ2n) is 3.80. The van der Waals surface area contributed by atoms with Crippen molar-refractivity contribution in [3.63, 3.8) is 0 Å². The summed E-state index contributed by atoms with van der Waals surface area (Å²) in [6, 6.07) is 10.0. The largest absolute Gasteiger partial charge is 0.373 e. The second kappa shape index (κ2) is 4.66. The molecule has 0 unspecified atom stereocenters. The molecule has 90 valence electrons. The van der Waals surface area contributed by atoms with Crippen LogP contribution in [0.2, 0.25) is 0 Å². The molecular weight excluding hydrogens is 310 g/mol. The molecule has 2 heterocycles. The van der Waals surface area contributed by atoms with Gasteiger partial charge in [0, 0.05) is 23.4 Å². The first kappa shape index (κ1) is 11.6. The van der Waals surface area contributed by atoms with E-state index in [4.69, 9.17) is 0 Å². The summed E-state index contributed by atoms with van der Waals surface area (Å²) in [6.45, 7) is 0. The lowest BCUT2D eigenvalue weighted by Gasteiger charge is -2.06. The fraction of sp³-hybridized carbons (Fsp3) is 0.0769. The summed E-state index contributed by atoms with van der Waals surface area (Å²) in [6.07, 6.45) is 0. The van der Waals surface area contributed by atoms with Crippen molar-refractivity contribution in [3.8, 4) is 11.4 Å². The van der Waals surface area contributed by atoms with E-state index in [-0.39, 0.29) is 0 Å². The van der Waals surface area contributed by atoms with Crippen LogP contribution in [-0.2, 0) is 0 Å². The summed E-state index contributed by atoms with van der Waals surface area (Å²) in [5, 5.41) is 6.22. The molecule has 0 radical (unpaired) electrons. The molecule has 18 heavy (non-hydrogen) atoms. The van der Waals surface area contributed by atoms with Crippen LogP contribution in [0.4, 0.5) is 5.82 Å². The number of rotatable bonds is 2. The molecule has 3 nitrogen and oxygen atoms in total. The summed E-state index contributed by atoms with van der Waals surface area (Å²) in [4.78, 5) is 9.17. The molecule has 0 amide bonds. The summed E-state index contributed by atoms with van der Waals surface area (Å²) in [5.74, 6) is 1.61. The third-order valence-electron chi connectivity index (χ3n) is 2.67. The van der Waals surface area contributed by atoms with Crippen LogP contribution in [0.3, 0.4) is 0 Å². The van der Waals surface area contributed by atoms with Crippen molar-refractivity contribution in [3.05, 3.63) is 39.5 Å². The summed E-state index contributed by atoms with van der Waals surface area (Å²) >= 11 is 5.10. The van der Waals surface area contributed by atoms with Crippen molar-refractivity contribution in [2.75, 3.05) is 12.4 Å². The second-order valence-corrected chi connectivity index (χ2v) is 6.09. The van der Waals surface area contributed by atoms with Crippen LogP contribution in [0.1, 0.15) is 0 Å². The molecule has 0 saturated heterocycles. The quantitative estimate of drug-likeness (QED) is 0.770. The van der Waals surface area contributed by atoms with Gasteiger partial charge in [0.25, 0.3) is 0 Å². The standard InChI is InChI=1S/C13H10BrN3S/c1-15-13-9-4-2-3-5-10(9)16-12(17-13)8-6-11(14)18-7-8/h2-7H,1H3,(H,15,16,17). The predicted molar refractivity (Wildman–Crippen MR) is 80.1 cm³/mol. The van der Waals surface area contributed by atoms with Crippen molar-refractivity contribution in [1.82, 2.24) is 9.97 Å². The number of nitrogens with zero attached hydrogens (tertiary/aromatic N) is 2. The lowest BCUT2D eigenvalue weighted by atomic mass is 10.2. The summed E-state index contributed by atoms with van der Waals surface area (Å²) in [5.41, 5.74) is 1.99. The fourth-order valence-electron chi connectivity index (χ4n) is 1.82. The van der Waals surface area contributed by atoms with Gasteiger partial charge in [-0.3, -0.25) is 0 Å². The highest BCUT2D eigenvalue weighted by Gasteiger charge is 2.09. The Hall–Kier alpha value is -1.46. The summed E-state index contributed by atoms with van der Waals surface area (Å²) < 4.78 is 1.08. The molecule has 0 bridgehead atoms. The van der Waals surface area contributed by atoms with Crippen LogP contribution in [0, 0.1) is 0 Å². The van der Waals surface area contributed by atoms with Gasteiger partial charge in [0.05, 0.1) is 9.30 Å². The van der Waals surface area contributed by atoms with Gasteiger partial charge in [0.1, 0.15) is 5.82 Å². The van der Waals surface area contributed by atoms with Crippen molar-refractivity contribution in [2.45, 2.75) is 0 Å². The molecule has 0 fully saturated rings. The number of thiophene rings is 1. The van der Waals surface area contributed by atoms with Gasteiger partial charge in [0.2, 0.25) is 0 Å². The van der Waals surface area contributed by atoms with E-state index in [0.29, 0.717) is 0 Å². The molecular formula is C13H10BrN3S. The first-order valence-corrected chi connectivity index (χ1v) is 7.14.